The highest BCUT2D eigenvalue weighted by molar-refractivity contribution is 5.76. The number of likely N-dealkylation sites (N-methyl/N-ethyl adjacent to an activating group) is 1. The molecule has 0 aliphatic carbocycles. The van der Waals surface area contributed by atoms with Crippen LogP contribution in [0.25, 0.3) is 0 Å². The Kier molecular flexibility index (Phi) is 53.2. The molecule has 0 aliphatic heterocycles. The zero-order valence-corrected chi connectivity index (χ0v) is 48.5. The van der Waals surface area contributed by atoms with Gasteiger partial charge in [-0.2, -0.15) is 0 Å². The first kappa shape index (κ1) is 69.3. The Morgan fingerprint density at radius 1 is 0.366 bits per heavy atom. The summed E-state index contributed by atoms with van der Waals surface area (Å²) < 4.78 is 11.8. The normalized spacial score (nSPS) is 12.5. The second kappa shape index (κ2) is 54.5. The van der Waals surface area contributed by atoms with Crippen molar-refractivity contribution in [2.75, 3.05) is 72.7 Å². The van der Waals surface area contributed by atoms with E-state index in [2.05, 4.69) is 51.5 Å². The molecular weight excluding hydrogens is 883 g/mol. The van der Waals surface area contributed by atoms with Gasteiger partial charge in [-0.15, -0.1) is 0 Å². The lowest BCUT2D eigenvalue weighted by molar-refractivity contribution is -0.146. The standard InChI is InChI=1S/C62H123N3O6/c1-7-12-17-22-25-31-43-58(41-29-20-15-10-4)56-70-61(68)46-34-27-36-49-64(54-53-63(6)48-38-39-51-65(52-40-55-66)60(67)45-33-24-19-14-9-3)50-37-28-35-47-62(69)71-57-59(42-30-21-16-11-5)44-32-26-23-18-13-8-2/h58-59,66H,7-57H2,1-6H3. The number of unbranched alkanes of at least 4 members (excludes halogenated alkanes) is 25. The second-order valence-corrected chi connectivity index (χ2v) is 22.0. The number of hydrogen-bond donors (Lipinski definition) is 1. The maximum absolute atomic E-state index is 13.0. The lowest BCUT2D eigenvalue weighted by Gasteiger charge is -2.26. The van der Waals surface area contributed by atoms with Crippen molar-refractivity contribution in [3.63, 3.8) is 0 Å². The molecule has 9 nitrogen and oxygen atoms in total. The molecule has 0 aliphatic rings. The molecule has 1 amide bonds. The molecule has 422 valence electrons. The van der Waals surface area contributed by atoms with E-state index in [1.807, 2.05) is 4.90 Å². The number of carbonyl (C=O) groups is 3. The summed E-state index contributed by atoms with van der Waals surface area (Å²) in [5, 5.41) is 9.47. The van der Waals surface area contributed by atoms with E-state index in [4.69, 9.17) is 9.47 Å². The Morgan fingerprint density at radius 2 is 0.704 bits per heavy atom. The van der Waals surface area contributed by atoms with E-state index in [0.29, 0.717) is 57.3 Å². The van der Waals surface area contributed by atoms with Crippen molar-refractivity contribution in [2.45, 2.75) is 298 Å². The molecule has 0 rings (SSSR count). The summed E-state index contributed by atoms with van der Waals surface area (Å²) in [6.07, 6.45) is 46.6. The van der Waals surface area contributed by atoms with E-state index < -0.39 is 0 Å². The van der Waals surface area contributed by atoms with Gasteiger partial charge in [-0.3, -0.25) is 14.4 Å². The van der Waals surface area contributed by atoms with Crippen LogP contribution in [0.2, 0.25) is 0 Å². The quantitative estimate of drug-likeness (QED) is 0.0475. The Labute approximate surface area is 442 Å². The Morgan fingerprint density at radius 3 is 1.14 bits per heavy atom. The van der Waals surface area contributed by atoms with E-state index in [1.54, 1.807) is 0 Å². The maximum atomic E-state index is 13.0. The smallest absolute Gasteiger partial charge is 0.305 e. The molecule has 0 saturated heterocycles. The van der Waals surface area contributed by atoms with Crippen LogP contribution >= 0.6 is 0 Å². The summed E-state index contributed by atoms with van der Waals surface area (Å²) >= 11 is 0. The zero-order valence-electron chi connectivity index (χ0n) is 48.5. The summed E-state index contributed by atoms with van der Waals surface area (Å²) in [4.78, 5) is 45.9. The lowest BCUT2D eigenvalue weighted by Crippen LogP contribution is -2.36. The third kappa shape index (κ3) is 47.7. The number of hydrogen-bond acceptors (Lipinski definition) is 8. The van der Waals surface area contributed by atoms with E-state index in [0.717, 1.165) is 103 Å². The lowest BCUT2D eigenvalue weighted by atomic mass is 9.95. The number of nitrogens with zero attached hydrogens (tertiary/aromatic N) is 3. The van der Waals surface area contributed by atoms with Crippen LogP contribution < -0.4 is 0 Å². The molecule has 0 spiro atoms. The number of rotatable bonds is 57. The Hall–Kier alpha value is -1.71. The molecular formula is C62H123N3O6. The van der Waals surface area contributed by atoms with Gasteiger partial charge < -0.3 is 29.3 Å². The second-order valence-electron chi connectivity index (χ2n) is 22.0. The van der Waals surface area contributed by atoms with Gasteiger partial charge in [0, 0.05) is 52.0 Å². The molecule has 2 unspecified atom stereocenters. The molecule has 1 N–H and O–H groups in total. The first-order chi connectivity index (χ1) is 34.7. The van der Waals surface area contributed by atoms with E-state index in [9.17, 15) is 19.5 Å². The van der Waals surface area contributed by atoms with Gasteiger partial charge in [-0.25, -0.2) is 0 Å². The predicted molar refractivity (Wildman–Crippen MR) is 304 cm³/mol. The first-order valence-corrected chi connectivity index (χ1v) is 31.3. The minimum atomic E-state index is -0.0212. The predicted octanol–water partition coefficient (Wildman–Crippen LogP) is 16.5. The minimum Gasteiger partial charge on any atom is -0.465 e. The fourth-order valence-corrected chi connectivity index (χ4v) is 10.0. The number of aliphatic hydroxyl groups is 1. The summed E-state index contributed by atoms with van der Waals surface area (Å²) in [7, 11) is 2.22. The van der Waals surface area contributed by atoms with Crippen molar-refractivity contribution >= 4 is 17.8 Å². The van der Waals surface area contributed by atoms with E-state index in [1.165, 1.54) is 173 Å². The molecule has 2 atom stereocenters. The molecule has 71 heavy (non-hydrogen) atoms. The summed E-state index contributed by atoms with van der Waals surface area (Å²) in [6.45, 7) is 19.0. The molecule has 0 heterocycles. The average Bonchev–Trinajstić information content (AvgIpc) is 3.37. The fourth-order valence-electron chi connectivity index (χ4n) is 10.0. The van der Waals surface area contributed by atoms with Crippen LogP contribution in [0, 0.1) is 11.8 Å². The van der Waals surface area contributed by atoms with Gasteiger partial charge in [-0.1, -0.05) is 202 Å². The summed E-state index contributed by atoms with van der Waals surface area (Å²) in [6, 6.07) is 0. The molecule has 0 aromatic rings. The minimum absolute atomic E-state index is 0.0212. The number of ether oxygens (including phenoxy) is 2. The monoisotopic (exact) mass is 1010 g/mol. The molecule has 0 aromatic carbocycles. The maximum Gasteiger partial charge on any atom is 0.305 e. The average molecular weight is 1010 g/mol. The van der Waals surface area contributed by atoms with Gasteiger partial charge in [-0.05, 0) is 116 Å². The van der Waals surface area contributed by atoms with Crippen LogP contribution in [-0.2, 0) is 23.9 Å². The summed E-state index contributed by atoms with van der Waals surface area (Å²) in [5.41, 5.74) is 0. The molecule has 0 bridgehead atoms. The van der Waals surface area contributed by atoms with Crippen molar-refractivity contribution in [1.29, 1.82) is 0 Å². The highest BCUT2D eigenvalue weighted by Crippen LogP contribution is 2.22. The van der Waals surface area contributed by atoms with Gasteiger partial charge in [0.2, 0.25) is 5.91 Å². The number of aliphatic hydroxyl groups excluding tert-OH is 1. The van der Waals surface area contributed by atoms with Crippen LogP contribution in [-0.4, -0.2) is 110 Å². The molecule has 0 aromatic heterocycles. The van der Waals surface area contributed by atoms with Gasteiger partial charge >= 0.3 is 11.9 Å². The SMILES string of the molecule is CCCCCCCCC(CCCCCC)COC(=O)CCCCCN(CCCCCC(=O)OCC(CCCCCC)CCCCCCCC)CCN(C)CCCCN(CCCO)C(=O)CCCCCCC. The van der Waals surface area contributed by atoms with Gasteiger partial charge in [0.1, 0.15) is 0 Å². The third-order valence-electron chi connectivity index (χ3n) is 15.0. The van der Waals surface area contributed by atoms with Gasteiger partial charge in [0.05, 0.1) is 13.2 Å². The topological polar surface area (TPSA) is 99.6 Å². The van der Waals surface area contributed by atoms with Crippen LogP contribution in [0.1, 0.15) is 298 Å². The Bertz CT molecular complexity index is 1080. The molecule has 9 heteroatoms. The number of carbonyl (C=O) groups excluding carboxylic acids is 3. The van der Waals surface area contributed by atoms with Crippen LogP contribution in [0.15, 0.2) is 0 Å². The van der Waals surface area contributed by atoms with Crippen molar-refractivity contribution in [3.8, 4) is 0 Å². The number of amides is 1. The molecule has 0 saturated carbocycles. The van der Waals surface area contributed by atoms with Crippen LogP contribution in [0.5, 0.6) is 0 Å². The largest absolute Gasteiger partial charge is 0.465 e. The van der Waals surface area contributed by atoms with Gasteiger partial charge in [0.15, 0.2) is 0 Å². The molecule has 0 fully saturated rings. The highest BCUT2D eigenvalue weighted by atomic mass is 16.5. The van der Waals surface area contributed by atoms with E-state index >= 15 is 0 Å². The van der Waals surface area contributed by atoms with Crippen molar-refractivity contribution in [3.05, 3.63) is 0 Å². The third-order valence-corrected chi connectivity index (χ3v) is 15.0. The van der Waals surface area contributed by atoms with Crippen LogP contribution in [0.3, 0.4) is 0 Å². The Balaban J connectivity index is 5.11. The molecule has 0 radical (unpaired) electrons. The highest BCUT2D eigenvalue weighted by Gasteiger charge is 2.16. The van der Waals surface area contributed by atoms with Crippen LogP contribution in [0.4, 0.5) is 0 Å². The number of esters is 2. The fraction of sp³-hybridized carbons (Fsp3) is 0.952. The zero-order chi connectivity index (χ0) is 52.1. The van der Waals surface area contributed by atoms with Gasteiger partial charge in [0.25, 0.3) is 0 Å². The van der Waals surface area contributed by atoms with Crippen molar-refractivity contribution in [2.24, 2.45) is 11.8 Å². The van der Waals surface area contributed by atoms with E-state index in [-0.39, 0.29) is 24.5 Å². The van der Waals surface area contributed by atoms with Crippen molar-refractivity contribution in [1.82, 2.24) is 14.7 Å². The first-order valence-electron chi connectivity index (χ1n) is 31.3. The van der Waals surface area contributed by atoms with Crippen molar-refractivity contribution < 1.29 is 29.0 Å². The summed E-state index contributed by atoms with van der Waals surface area (Å²) in [5.74, 6) is 1.21.